The zero-order chi connectivity index (χ0) is 9.40. The first-order valence-corrected chi connectivity index (χ1v) is 4.14. The zero-order valence-corrected chi connectivity index (χ0v) is 8.02. The Bertz CT molecular complexity index is 128. The van der Waals surface area contributed by atoms with Crippen molar-refractivity contribution in [1.82, 2.24) is 10.6 Å². The van der Waals surface area contributed by atoms with Crippen LogP contribution in [-0.4, -0.2) is 39.3 Å². The van der Waals surface area contributed by atoms with Crippen LogP contribution in [0.2, 0.25) is 0 Å². The molecule has 0 aromatic carbocycles. The lowest BCUT2D eigenvalue weighted by molar-refractivity contribution is -0.120. The number of ether oxygens (including phenoxy) is 1. The molecule has 0 aliphatic carbocycles. The van der Waals surface area contributed by atoms with E-state index in [-0.39, 0.29) is 12.0 Å². The van der Waals surface area contributed by atoms with E-state index >= 15 is 0 Å². The molecule has 0 saturated carbocycles. The van der Waals surface area contributed by atoms with Gasteiger partial charge in [0.05, 0.1) is 6.10 Å². The maximum atomic E-state index is 10.7. The smallest absolute Gasteiger partial charge is 0.221 e. The maximum absolute atomic E-state index is 10.7. The lowest BCUT2D eigenvalue weighted by atomic mass is 10.3. The Hall–Kier alpha value is -0.610. The molecule has 1 atom stereocenters. The standard InChI is InChI=1S/C8H18N2O2/c1-7(12-3)6-10-5-4-8(11)9-2/h7,10H,4-6H2,1-3H3,(H,9,11). The van der Waals surface area contributed by atoms with Crippen LogP contribution in [0.4, 0.5) is 0 Å². The summed E-state index contributed by atoms with van der Waals surface area (Å²) in [5, 5.41) is 5.67. The fourth-order valence-electron chi connectivity index (χ4n) is 0.716. The third kappa shape index (κ3) is 6.12. The highest BCUT2D eigenvalue weighted by Gasteiger charge is 1.99. The van der Waals surface area contributed by atoms with E-state index in [0.717, 1.165) is 6.54 Å². The molecule has 0 spiro atoms. The molecule has 0 rings (SSSR count). The van der Waals surface area contributed by atoms with Crippen LogP contribution in [0, 0.1) is 0 Å². The quantitative estimate of drug-likeness (QED) is 0.546. The van der Waals surface area contributed by atoms with Gasteiger partial charge >= 0.3 is 0 Å². The Morgan fingerprint density at radius 3 is 2.75 bits per heavy atom. The van der Waals surface area contributed by atoms with Crippen molar-refractivity contribution < 1.29 is 9.53 Å². The third-order valence-corrected chi connectivity index (χ3v) is 1.64. The summed E-state index contributed by atoms with van der Waals surface area (Å²) in [5.41, 5.74) is 0. The molecule has 0 saturated heterocycles. The Balaban J connectivity index is 3.15. The summed E-state index contributed by atoms with van der Waals surface area (Å²) in [6, 6.07) is 0. The summed E-state index contributed by atoms with van der Waals surface area (Å²) < 4.78 is 5.02. The zero-order valence-electron chi connectivity index (χ0n) is 8.02. The Morgan fingerprint density at radius 1 is 1.58 bits per heavy atom. The normalized spacial score (nSPS) is 12.6. The van der Waals surface area contributed by atoms with E-state index in [9.17, 15) is 4.79 Å². The summed E-state index contributed by atoms with van der Waals surface area (Å²) >= 11 is 0. The Labute approximate surface area is 73.7 Å². The summed E-state index contributed by atoms with van der Waals surface area (Å²) in [6.45, 7) is 3.47. The van der Waals surface area contributed by atoms with E-state index in [1.54, 1.807) is 14.2 Å². The van der Waals surface area contributed by atoms with Gasteiger partial charge < -0.3 is 15.4 Å². The van der Waals surface area contributed by atoms with E-state index in [1.165, 1.54) is 0 Å². The van der Waals surface area contributed by atoms with Crippen molar-refractivity contribution >= 4 is 5.91 Å². The summed E-state index contributed by atoms with van der Waals surface area (Å²) in [6.07, 6.45) is 0.724. The van der Waals surface area contributed by atoms with Crippen molar-refractivity contribution in [2.24, 2.45) is 0 Å². The number of methoxy groups -OCH3 is 1. The molecule has 1 unspecified atom stereocenters. The number of amides is 1. The van der Waals surface area contributed by atoms with Gasteiger partial charge in [-0.15, -0.1) is 0 Å². The predicted octanol–water partition coefficient (Wildman–Crippen LogP) is -0.253. The van der Waals surface area contributed by atoms with Gasteiger partial charge in [-0.1, -0.05) is 0 Å². The highest BCUT2D eigenvalue weighted by atomic mass is 16.5. The summed E-state index contributed by atoms with van der Waals surface area (Å²) in [7, 11) is 3.31. The van der Waals surface area contributed by atoms with Crippen LogP contribution >= 0.6 is 0 Å². The molecule has 0 heterocycles. The van der Waals surface area contributed by atoms with Gasteiger partial charge in [0.15, 0.2) is 0 Å². The van der Waals surface area contributed by atoms with Crippen molar-refractivity contribution in [3.05, 3.63) is 0 Å². The van der Waals surface area contributed by atoms with Gasteiger partial charge in [0.1, 0.15) is 0 Å². The number of hydrogen-bond donors (Lipinski definition) is 2. The van der Waals surface area contributed by atoms with E-state index in [2.05, 4.69) is 10.6 Å². The molecule has 0 aliphatic rings. The second-order valence-corrected chi connectivity index (χ2v) is 2.67. The van der Waals surface area contributed by atoms with E-state index in [4.69, 9.17) is 4.74 Å². The van der Waals surface area contributed by atoms with Crippen LogP contribution in [0.15, 0.2) is 0 Å². The molecule has 72 valence electrons. The molecule has 0 aliphatic heterocycles. The third-order valence-electron chi connectivity index (χ3n) is 1.64. The predicted molar refractivity (Wildman–Crippen MR) is 48.0 cm³/mol. The highest BCUT2D eigenvalue weighted by Crippen LogP contribution is 1.83. The molecule has 2 N–H and O–H groups in total. The van der Waals surface area contributed by atoms with Gasteiger partial charge in [0.2, 0.25) is 5.91 Å². The van der Waals surface area contributed by atoms with Crippen LogP contribution in [0.25, 0.3) is 0 Å². The molecule has 0 aromatic rings. The molecule has 12 heavy (non-hydrogen) atoms. The minimum atomic E-state index is 0.0626. The largest absolute Gasteiger partial charge is 0.380 e. The number of rotatable bonds is 6. The van der Waals surface area contributed by atoms with Crippen LogP contribution in [0.3, 0.4) is 0 Å². The van der Waals surface area contributed by atoms with E-state index < -0.39 is 0 Å². The average molecular weight is 174 g/mol. The fraction of sp³-hybridized carbons (Fsp3) is 0.875. The Kier molecular flexibility index (Phi) is 6.70. The number of carbonyl (C=O) groups excluding carboxylic acids is 1. The van der Waals surface area contributed by atoms with Gasteiger partial charge in [0, 0.05) is 33.7 Å². The molecule has 1 amide bonds. The van der Waals surface area contributed by atoms with Crippen molar-refractivity contribution in [3.8, 4) is 0 Å². The molecule has 4 nitrogen and oxygen atoms in total. The lowest BCUT2D eigenvalue weighted by Crippen LogP contribution is -2.30. The van der Waals surface area contributed by atoms with Crippen LogP contribution in [-0.2, 0) is 9.53 Å². The SMILES string of the molecule is CNC(=O)CCNCC(C)OC. The molecule has 4 heteroatoms. The molecule has 0 bridgehead atoms. The second-order valence-electron chi connectivity index (χ2n) is 2.67. The van der Waals surface area contributed by atoms with E-state index in [0.29, 0.717) is 13.0 Å². The first-order valence-electron chi connectivity index (χ1n) is 4.14. The minimum absolute atomic E-state index is 0.0626. The Morgan fingerprint density at radius 2 is 2.25 bits per heavy atom. The van der Waals surface area contributed by atoms with E-state index in [1.807, 2.05) is 6.92 Å². The lowest BCUT2D eigenvalue weighted by Gasteiger charge is -2.09. The number of hydrogen-bond acceptors (Lipinski definition) is 3. The van der Waals surface area contributed by atoms with Gasteiger partial charge in [-0.3, -0.25) is 4.79 Å². The first kappa shape index (κ1) is 11.4. The maximum Gasteiger partial charge on any atom is 0.221 e. The van der Waals surface area contributed by atoms with Crippen molar-refractivity contribution in [2.45, 2.75) is 19.4 Å². The van der Waals surface area contributed by atoms with Crippen molar-refractivity contribution in [2.75, 3.05) is 27.2 Å². The molecular weight excluding hydrogens is 156 g/mol. The van der Waals surface area contributed by atoms with Crippen molar-refractivity contribution in [3.63, 3.8) is 0 Å². The molecule has 0 radical (unpaired) electrons. The second kappa shape index (κ2) is 7.06. The monoisotopic (exact) mass is 174 g/mol. The van der Waals surface area contributed by atoms with Gasteiger partial charge in [-0.05, 0) is 6.92 Å². The molecule has 0 aromatic heterocycles. The highest BCUT2D eigenvalue weighted by molar-refractivity contribution is 5.75. The van der Waals surface area contributed by atoms with Gasteiger partial charge in [0.25, 0.3) is 0 Å². The van der Waals surface area contributed by atoms with Crippen LogP contribution < -0.4 is 10.6 Å². The molecule has 0 fully saturated rings. The van der Waals surface area contributed by atoms with Gasteiger partial charge in [-0.2, -0.15) is 0 Å². The topological polar surface area (TPSA) is 50.4 Å². The number of carbonyl (C=O) groups is 1. The van der Waals surface area contributed by atoms with Gasteiger partial charge in [-0.25, -0.2) is 0 Å². The summed E-state index contributed by atoms with van der Waals surface area (Å²) in [4.78, 5) is 10.7. The summed E-state index contributed by atoms with van der Waals surface area (Å²) in [5.74, 6) is 0.0626. The van der Waals surface area contributed by atoms with Crippen LogP contribution in [0.1, 0.15) is 13.3 Å². The van der Waals surface area contributed by atoms with Crippen LogP contribution in [0.5, 0.6) is 0 Å². The first-order chi connectivity index (χ1) is 5.70. The van der Waals surface area contributed by atoms with Crippen molar-refractivity contribution in [1.29, 1.82) is 0 Å². The number of nitrogens with one attached hydrogen (secondary N) is 2. The molecular formula is C8H18N2O2. The minimum Gasteiger partial charge on any atom is -0.380 e. The fourth-order valence-corrected chi connectivity index (χ4v) is 0.716. The average Bonchev–Trinajstić information content (AvgIpc) is 2.11.